The monoisotopic (exact) mass is 292 g/mol. The van der Waals surface area contributed by atoms with Crippen molar-refractivity contribution in [2.24, 2.45) is 5.92 Å². The second kappa shape index (κ2) is 9.00. The molecule has 0 fully saturated rings. The molecule has 0 spiro atoms. The lowest BCUT2D eigenvalue weighted by Gasteiger charge is -2.09. The molecule has 0 aromatic heterocycles. The van der Waals surface area contributed by atoms with Crippen LogP contribution in [0.15, 0.2) is 24.3 Å². The van der Waals surface area contributed by atoms with E-state index in [0.29, 0.717) is 19.4 Å². The summed E-state index contributed by atoms with van der Waals surface area (Å²) in [6, 6.07) is 7.52. The molecule has 0 heterocycles. The van der Waals surface area contributed by atoms with Gasteiger partial charge in [0.05, 0.1) is 5.92 Å². The van der Waals surface area contributed by atoms with E-state index in [1.807, 2.05) is 24.3 Å². The van der Waals surface area contributed by atoms with E-state index >= 15 is 0 Å². The minimum Gasteiger partial charge on any atom is -0.481 e. The van der Waals surface area contributed by atoms with Crippen LogP contribution in [0.5, 0.6) is 0 Å². The highest BCUT2D eigenvalue weighted by Crippen LogP contribution is 2.11. The van der Waals surface area contributed by atoms with Crippen LogP contribution in [-0.2, 0) is 11.2 Å². The molecule has 1 unspecified atom stereocenters. The standard InChI is InChI=1S/C16H24N2O3/c1-3-5-13-7-9-14(10-8-13)18-16(21)17-11-4-6-12(2)15(19)20/h7-10,12H,3-6,11H2,1-2H3,(H,19,20)(H2,17,18,21). The zero-order chi connectivity index (χ0) is 15.7. The van der Waals surface area contributed by atoms with Crippen molar-refractivity contribution in [3.8, 4) is 0 Å². The lowest BCUT2D eigenvalue weighted by Crippen LogP contribution is -2.29. The summed E-state index contributed by atoms with van der Waals surface area (Å²) < 4.78 is 0. The first kappa shape index (κ1) is 17.0. The molecule has 1 aromatic rings. The smallest absolute Gasteiger partial charge is 0.319 e. The molecule has 5 heteroatoms. The third kappa shape index (κ3) is 6.79. The molecule has 21 heavy (non-hydrogen) atoms. The number of benzene rings is 1. The Morgan fingerprint density at radius 1 is 1.24 bits per heavy atom. The summed E-state index contributed by atoms with van der Waals surface area (Å²) in [5.74, 6) is -1.17. The number of amides is 2. The minimum absolute atomic E-state index is 0.263. The summed E-state index contributed by atoms with van der Waals surface area (Å²) in [7, 11) is 0. The van der Waals surface area contributed by atoms with Crippen LogP contribution in [-0.4, -0.2) is 23.7 Å². The number of urea groups is 1. The molecule has 1 aromatic carbocycles. The number of carbonyl (C=O) groups excluding carboxylic acids is 1. The second-order valence-corrected chi connectivity index (χ2v) is 5.21. The van der Waals surface area contributed by atoms with Gasteiger partial charge < -0.3 is 15.7 Å². The topological polar surface area (TPSA) is 78.4 Å². The van der Waals surface area contributed by atoms with Crippen LogP contribution in [0.2, 0.25) is 0 Å². The number of rotatable bonds is 8. The maximum atomic E-state index is 11.7. The van der Waals surface area contributed by atoms with Crippen LogP contribution in [0.4, 0.5) is 10.5 Å². The van der Waals surface area contributed by atoms with Gasteiger partial charge in [-0.1, -0.05) is 32.4 Å². The zero-order valence-corrected chi connectivity index (χ0v) is 12.7. The van der Waals surface area contributed by atoms with Crippen molar-refractivity contribution in [3.63, 3.8) is 0 Å². The molecular formula is C16H24N2O3. The first-order valence-corrected chi connectivity index (χ1v) is 7.39. The molecule has 0 aliphatic carbocycles. The third-order valence-electron chi connectivity index (χ3n) is 3.27. The van der Waals surface area contributed by atoms with Crippen molar-refractivity contribution >= 4 is 17.7 Å². The minimum atomic E-state index is -0.799. The highest BCUT2D eigenvalue weighted by atomic mass is 16.4. The summed E-state index contributed by atoms with van der Waals surface area (Å²) in [6.45, 7) is 4.27. The average molecular weight is 292 g/mol. The SMILES string of the molecule is CCCc1ccc(NC(=O)NCCCC(C)C(=O)O)cc1. The van der Waals surface area contributed by atoms with Crippen molar-refractivity contribution in [1.29, 1.82) is 0 Å². The fourth-order valence-electron chi connectivity index (χ4n) is 1.95. The first-order chi connectivity index (χ1) is 10.0. The van der Waals surface area contributed by atoms with Gasteiger partial charge >= 0.3 is 12.0 Å². The molecule has 3 N–H and O–H groups in total. The molecule has 0 saturated carbocycles. The van der Waals surface area contributed by atoms with E-state index in [9.17, 15) is 9.59 Å². The van der Waals surface area contributed by atoms with E-state index in [1.165, 1.54) is 5.56 Å². The predicted molar refractivity (Wildman–Crippen MR) is 83.5 cm³/mol. The lowest BCUT2D eigenvalue weighted by atomic mass is 10.1. The Bertz CT molecular complexity index is 457. The van der Waals surface area contributed by atoms with Crippen LogP contribution in [0.3, 0.4) is 0 Å². The van der Waals surface area contributed by atoms with Crippen LogP contribution in [0, 0.1) is 5.92 Å². The van der Waals surface area contributed by atoms with Crippen LogP contribution in [0.1, 0.15) is 38.7 Å². The third-order valence-corrected chi connectivity index (χ3v) is 3.27. The van der Waals surface area contributed by atoms with Gasteiger partial charge in [0.1, 0.15) is 0 Å². The molecular weight excluding hydrogens is 268 g/mol. The number of aliphatic carboxylic acids is 1. The lowest BCUT2D eigenvalue weighted by molar-refractivity contribution is -0.141. The van der Waals surface area contributed by atoms with E-state index in [1.54, 1.807) is 6.92 Å². The summed E-state index contributed by atoms with van der Waals surface area (Å²) in [4.78, 5) is 22.3. The number of nitrogens with one attached hydrogen (secondary N) is 2. The van der Waals surface area contributed by atoms with Crippen molar-refractivity contribution in [1.82, 2.24) is 5.32 Å². The van der Waals surface area contributed by atoms with Crippen LogP contribution >= 0.6 is 0 Å². The molecule has 0 saturated heterocycles. The zero-order valence-electron chi connectivity index (χ0n) is 12.7. The van der Waals surface area contributed by atoms with Gasteiger partial charge in [0.25, 0.3) is 0 Å². The molecule has 116 valence electrons. The van der Waals surface area contributed by atoms with Crippen LogP contribution in [0.25, 0.3) is 0 Å². The fraction of sp³-hybridized carbons (Fsp3) is 0.500. The molecule has 0 radical (unpaired) electrons. The van der Waals surface area contributed by atoms with Gasteiger partial charge in [-0.25, -0.2) is 4.79 Å². The van der Waals surface area contributed by atoms with Gasteiger partial charge in [0.2, 0.25) is 0 Å². The van der Waals surface area contributed by atoms with E-state index in [4.69, 9.17) is 5.11 Å². The number of hydrogen-bond donors (Lipinski definition) is 3. The molecule has 2 amide bonds. The summed E-state index contributed by atoms with van der Waals surface area (Å²) in [5.41, 5.74) is 2.01. The molecule has 0 bridgehead atoms. The van der Waals surface area contributed by atoms with Gasteiger partial charge in [-0.05, 0) is 37.0 Å². The number of anilines is 1. The highest BCUT2D eigenvalue weighted by molar-refractivity contribution is 5.89. The Labute approximate surface area is 125 Å². The van der Waals surface area contributed by atoms with Crippen molar-refractivity contribution in [2.45, 2.75) is 39.5 Å². The maximum Gasteiger partial charge on any atom is 0.319 e. The van der Waals surface area contributed by atoms with Crippen molar-refractivity contribution in [3.05, 3.63) is 29.8 Å². The van der Waals surface area contributed by atoms with E-state index in [2.05, 4.69) is 17.6 Å². The number of aryl methyl sites for hydroxylation is 1. The second-order valence-electron chi connectivity index (χ2n) is 5.21. The van der Waals surface area contributed by atoms with Gasteiger partial charge in [-0.2, -0.15) is 0 Å². The Morgan fingerprint density at radius 2 is 1.90 bits per heavy atom. The number of carbonyl (C=O) groups is 2. The van der Waals surface area contributed by atoms with Gasteiger partial charge in [-0.3, -0.25) is 4.79 Å². The Balaban J connectivity index is 2.25. The predicted octanol–water partition coefficient (Wildman–Crippen LogP) is 3.26. The van der Waals surface area contributed by atoms with E-state index in [-0.39, 0.29) is 11.9 Å². The Hall–Kier alpha value is -2.04. The van der Waals surface area contributed by atoms with Crippen molar-refractivity contribution < 1.29 is 14.7 Å². The van der Waals surface area contributed by atoms with Gasteiger partial charge in [-0.15, -0.1) is 0 Å². The molecule has 1 rings (SSSR count). The molecule has 0 aliphatic rings. The molecule has 0 aliphatic heterocycles. The van der Waals surface area contributed by atoms with E-state index < -0.39 is 5.97 Å². The highest BCUT2D eigenvalue weighted by Gasteiger charge is 2.10. The van der Waals surface area contributed by atoms with E-state index in [0.717, 1.165) is 18.5 Å². The van der Waals surface area contributed by atoms with Crippen molar-refractivity contribution in [2.75, 3.05) is 11.9 Å². The molecule has 1 atom stereocenters. The van der Waals surface area contributed by atoms with Gasteiger partial charge in [0, 0.05) is 12.2 Å². The number of hydrogen-bond acceptors (Lipinski definition) is 2. The summed E-state index contributed by atoms with van der Waals surface area (Å²) >= 11 is 0. The largest absolute Gasteiger partial charge is 0.481 e. The van der Waals surface area contributed by atoms with Gasteiger partial charge in [0.15, 0.2) is 0 Å². The Kier molecular flexibility index (Phi) is 7.29. The number of carboxylic acids is 1. The first-order valence-electron chi connectivity index (χ1n) is 7.39. The Morgan fingerprint density at radius 3 is 2.48 bits per heavy atom. The quantitative estimate of drug-likeness (QED) is 0.643. The summed E-state index contributed by atoms with van der Waals surface area (Å²) in [6.07, 6.45) is 3.34. The summed E-state index contributed by atoms with van der Waals surface area (Å²) in [5, 5.41) is 14.2. The average Bonchev–Trinajstić information content (AvgIpc) is 2.45. The normalized spacial score (nSPS) is 11.7. The fourth-order valence-corrected chi connectivity index (χ4v) is 1.95. The number of carboxylic acid groups (broad SMARTS) is 1. The molecule has 5 nitrogen and oxygen atoms in total. The van der Waals surface area contributed by atoms with Crippen LogP contribution < -0.4 is 10.6 Å². The maximum absolute atomic E-state index is 11.7.